The lowest BCUT2D eigenvalue weighted by Crippen LogP contribution is -2.16. The molecule has 0 aliphatic carbocycles. The second kappa shape index (κ2) is 17.3. The van der Waals surface area contributed by atoms with Crippen LogP contribution in [0.4, 0.5) is 28.4 Å². The van der Waals surface area contributed by atoms with E-state index in [1.165, 1.54) is 37.4 Å². The first-order valence-electron chi connectivity index (χ1n) is 15.3. The van der Waals surface area contributed by atoms with E-state index in [1.807, 2.05) is 0 Å². The Bertz CT molecular complexity index is 2830. The highest BCUT2D eigenvalue weighted by molar-refractivity contribution is 7.92. The van der Waals surface area contributed by atoms with Crippen LogP contribution >= 0.6 is 0 Å². The number of sulfone groups is 2. The molecule has 57 heavy (non-hydrogen) atoms. The van der Waals surface area contributed by atoms with E-state index in [-0.39, 0.29) is 49.9 Å². The van der Waals surface area contributed by atoms with E-state index < -0.39 is 96.5 Å². The van der Waals surface area contributed by atoms with Crippen LogP contribution in [-0.4, -0.2) is 107 Å². The van der Waals surface area contributed by atoms with Gasteiger partial charge in [-0.2, -0.15) is 30.4 Å². The standard InChI is InChI=1S/C29H31N5O18S5/c1-30-21-8-7-19-20(27(21)33-31-17-5-4-6-18(13-17)53(36,37)11-9-51-56(43,44)45)14-26(55(40,41)42)28(29(19)35)34-32-22-15-24(50-3)25(16-23(22)49-2)54(38,39)12-10-52-57(46,47)48/h4-8,13-16,30,35H,9-12H2,1-3H3,(H,40,41,42)(H,43,44,45)(H,46,47,48). The van der Waals surface area contributed by atoms with Crippen LogP contribution in [0.15, 0.2) is 89.7 Å². The number of methoxy groups -OCH3 is 2. The molecule has 0 aliphatic heterocycles. The van der Waals surface area contributed by atoms with Gasteiger partial charge in [-0.05, 0) is 36.4 Å². The summed E-state index contributed by atoms with van der Waals surface area (Å²) in [4.78, 5) is -1.82. The largest absolute Gasteiger partial charge is 0.505 e. The predicted octanol–water partition coefficient (Wildman–Crippen LogP) is 3.87. The molecule has 0 radical (unpaired) electrons. The van der Waals surface area contributed by atoms with Gasteiger partial charge >= 0.3 is 20.8 Å². The molecule has 4 aromatic carbocycles. The first kappa shape index (κ1) is 44.8. The summed E-state index contributed by atoms with van der Waals surface area (Å²) in [5, 5.41) is 29.9. The number of fused-ring (bicyclic) bond motifs is 1. The third-order valence-electron chi connectivity index (χ3n) is 7.42. The topological polar surface area (TPSA) is 350 Å². The fraction of sp³-hybridized carbons (Fsp3) is 0.241. The molecule has 0 aliphatic rings. The normalized spacial score (nSPS) is 13.1. The van der Waals surface area contributed by atoms with Crippen molar-refractivity contribution in [3.05, 3.63) is 54.6 Å². The molecule has 0 spiro atoms. The molecule has 0 amide bonds. The monoisotopic (exact) mass is 897 g/mol. The zero-order valence-corrected chi connectivity index (χ0v) is 33.4. The Morgan fingerprint density at radius 1 is 0.632 bits per heavy atom. The Hall–Kier alpha value is -4.91. The molecule has 0 atom stereocenters. The summed E-state index contributed by atoms with van der Waals surface area (Å²) in [6.07, 6.45) is 0. The van der Waals surface area contributed by atoms with Gasteiger partial charge in [-0.3, -0.25) is 13.7 Å². The summed E-state index contributed by atoms with van der Waals surface area (Å²) in [5.41, 5.74) is -1.02. The first-order chi connectivity index (χ1) is 26.4. The molecule has 0 saturated heterocycles. The van der Waals surface area contributed by atoms with Crippen molar-refractivity contribution in [1.29, 1.82) is 0 Å². The van der Waals surface area contributed by atoms with E-state index in [1.54, 1.807) is 0 Å². The molecular formula is C29H31N5O18S5. The van der Waals surface area contributed by atoms with Gasteiger partial charge in [-0.25, -0.2) is 25.2 Å². The van der Waals surface area contributed by atoms with Crippen LogP contribution in [0.5, 0.6) is 17.2 Å². The zero-order chi connectivity index (χ0) is 42.6. The number of hydrogen-bond donors (Lipinski definition) is 5. The molecule has 0 aromatic heterocycles. The quantitative estimate of drug-likeness (QED) is 0.0699. The molecule has 4 aromatic rings. The molecular weight excluding hydrogens is 867 g/mol. The molecule has 23 nitrogen and oxygen atoms in total. The van der Waals surface area contributed by atoms with Crippen LogP contribution < -0.4 is 14.8 Å². The number of ether oxygens (including phenoxy) is 2. The molecule has 0 saturated carbocycles. The maximum atomic E-state index is 13.0. The van der Waals surface area contributed by atoms with Crippen LogP contribution in [0.1, 0.15) is 0 Å². The minimum absolute atomic E-state index is 0.0508. The number of rotatable bonds is 18. The number of aromatic hydroxyl groups is 1. The third kappa shape index (κ3) is 11.4. The van der Waals surface area contributed by atoms with Gasteiger partial charge in [0, 0.05) is 30.0 Å². The van der Waals surface area contributed by atoms with Crippen molar-refractivity contribution < 1.29 is 78.7 Å². The van der Waals surface area contributed by atoms with Gasteiger partial charge in [-0.1, -0.05) is 6.07 Å². The lowest BCUT2D eigenvalue weighted by atomic mass is 10.1. The average molecular weight is 898 g/mol. The number of anilines is 1. The van der Waals surface area contributed by atoms with Crippen LogP contribution in [0.2, 0.25) is 0 Å². The number of benzene rings is 4. The first-order valence-corrected chi connectivity index (χ1v) is 22.7. The van der Waals surface area contributed by atoms with Gasteiger partial charge in [0.05, 0.1) is 55.2 Å². The third-order valence-corrected chi connectivity index (χ3v) is 12.6. The summed E-state index contributed by atoms with van der Waals surface area (Å²) < 4.78 is 166. The SMILES string of the molecule is CNc1ccc2c(O)c(N=Nc3cc(OC)c(S(=O)(=O)CCOS(=O)(=O)O)cc3OC)c(S(=O)(=O)O)cc2c1N=Nc1cccc(S(=O)(=O)CCOS(=O)(=O)O)c1. The number of nitrogens with one attached hydrogen (secondary N) is 1. The van der Waals surface area contributed by atoms with Gasteiger partial charge in [0.25, 0.3) is 10.1 Å². The van der Waals surface area contributed by atoms with Crippen molar-refractivity contribution >= 4 is 89.8 Å². The van der Waals surface area contributed by atoms with E-state index in [0.29, 0.717) is 0 Å². The molecule has 0 heterocycles. The second-order valence-electron chi connectivity index (χ2n) is 11.1. The fourth-order valence-corrected chi connectivity index (χ4v) is 8.69. The fourth-order valence-electron chi connectivity index (χ4n) is 4.86. The highest BCUT2D eigenvalue weighted by Gasteiger charge is 2.27. The molecule has 5 N–H and O–H groups in total. The van der Waals surface area contributed by atoms with Crippen LogP contribution in [-0.2, 0) is 59.0 Å². The second-order valence-corrected chi connectivity index (χ2v) is 18.8. The van der Waals surface area contributed by atoms with Crippen molar-refractivity contribution in [1.82, 2.24) is 0 Å². The lowest BCUT2D eigenvalue weighted by molar-refractivity contribution is 0.282. The van der Waals surface area contributed by atoms with Gasteiger partial charge in [-0.15, -0.1) is 15.3 Å². The van der Waals surface area contributed by atoms with E-state index >= 15 is 0 Å². The summed E-state index contributed by atoms with van der Waals surface area (Å²) in [7, 11) is -19.9. The Balaban J connectivity index is 1.81. The lowest BCUT2D eigenvalue weighted by Gasteiger charge is -2.14. The molecule has 0 bridgehead atoms. The zero-order valence-electron chi connectivity index (χ0n) is 29.4. The molecule has 310 valence electrons. The summed E-state index contributed by atoms with van der Waals surface area (Å²) in [5.74, 6) is -3.25. The van der Waals surface area contributed by atoms with E-state index in [2.05, 4.69) is 34.1 Å². The van der Waals surface area contributed by atoms with E-state index in [4.69, 9.17) is 18.6 Å². The summed E-state index contributed by atoms with van der Waals surface area (Å²) >= 11 is 0. The predicted molar refractivity (Wildman–Crippen MR) is 198 cm³/mol. The van der Waals surface area contributed by atoms with Gasteiger partial charge in [0.1, 0.15) is 38.4 Å². The minimum atomic E-state index is -5.21. The van der Waals surface area contributed by atoms with Crippen molar-refractivity contribution in [3.8, 4) is 17.2 Å². The Morgan fingerprint density at radius 2 is 1.23 bits per heavy atom. The van der Waals surface area contributed by atoms with Gasteiger partial charge < -0.3 is 19.9 Å². The van der Waals surface area contributed by atoms with Crippen LogP contribution in [0.3, 0.4) is 0 Å². The van der Waals surface area contributed by atoms with Crippen LogP contribution in [0, 0.1) is 0 Å². The van der Waals surface area contributed by atoms with Gasteiger partial charge in [0.15, 0.2) is 25.4 Å². The van der Waals surface area contributed by atoms with Gasteiger partial charge in [0.2, 0.25) is 0 Å². The molecule has 4 rings (SSSR count). The summed E-state index contributed by atoms with van der Waals surface area (Å²) in [6, 6.07) is 10.5. The van der Waals surface area contributed by atoms with E-state index in [9.17, 15) is 51.7 Å². The maximum absolute atomic E-state index is 13.0. The number of azo groups is 2. The van der Waals surface area contributed by atoms with Crippen molar-refractivity contribution in [3.63, 3.8) is 0 Å². The summed E-state index contributed by atoms with van der Waals surface area (Å²) in [6.45, 7) is -1.83. The Labute approximate surface area is 325 Å². The van der Waals surface area contributed by atoms with E-state index in [0.717, 1.165) is 38.5 Å². The van der Waals surface area contributed by atoms with Crippen molar-refractivity contribution in [2.24, 2.45) is 20.5 Å². The number of hydrogen-bond acceptors (Lipinski definition) is 20. The Morgan fingerprint density at radius 3 is 1.79 bits per heavy atom. The molecule has 0 unspecified atom stereocenters. The van der Waals surface area contributed by atoms with Crippen molar-refractivity contribution in [2.45, 2.75) is 14.7 Å². The smallest absolute Gasteiger partial charge is 0.397 e. The number of nitrogens with zero attached hydrogens (tertiary/aromatic N) is 4. The highest BCUT2D eigenvalue weighted by atomic mass is 32.3. The molecule has 0 fully saturated rings. The minimum Gasteiger partial charge on any atom is -0.505 e. The number of phenolic OH excluding ortho intramolecular Hbond substituents is 1. The van der Waals surface area contributed by atoms with Crippen molar-refractivity contribution in [2.75, 3.05) is 51.3 Å². The maximum Gasteiger partial charge on any atom is 0.397 e. The highest BCUT2D eigenvalue weighted by Crippen LogP contribution is 2.47. The Kier molecular flexibility index (Phi) is 13.6. The van der Waals surface area contributed by atoms with Crippen LogP contribution in [0.25, 0.3) is 10.8 Å². The average Bonchev–Trinajstić information content (AvgIpc) is 3.11. The molecule has 28 heteroatoms. The number of phenols is 1.